The van der Waals surface area contributed by atoms with Gasteiger partial charge in [0.05, 0.1) is 20.3 Å². The average Bonchev–Trinajstić information content (AvgIpc) is 2.69. The second-order valence-corrected chi connectivity index (χ2v) is 8.68. The zero-order valence-electron chi connectivity index (χ0n) is 20.4. The van der Waals surface area contributed by atoms with Crippen LogP contribution in [-0.4, -0.2) is 49.4 Å². The van der Waals surface area contributed by atoms with Crippen LogP contribution in [0.15, 0.2) is 30.3 Å². The smallest absolute Gasteiger partial charge is 0.407 e. The SMILES string of the molecule is COC(=O)[C@H](COCc1ccccc1)NC(=O)CC[C@H](NC(=O)OC(C)(C)C)C(C)C.S.S. The molecule has 0 saturated carbocycles. The Morgan fingerprint density at radius 3 is 2.12 bits per heavy atom. The predicted molar refractivity (Wildman–Crippen MR) is 138 cm³/mol. The minimum atomic E-state index is -0.905. The Kier molecular flexibility index (Phi) is 16.8. The fourth-order valence-electron chi connectivity index (χ4n) is 2.76. The van der Waals surface area contributed by atoms with Crippen LogP contribution in [0, 0.1) is 5.92 Å². The van der Waals surface area contributed by atoms with Gasteiger partial charge in [-0.1, -0.05) is 44.2 Å². The molecule has 33 heavy (non-hydrogen) atoms. The van der Waals surface area contributed by atoms with Crippen molar-refractivity contribution in [2.45, 2.75) is 71.8 Å². The van der Waals surface area contributed by atoms with Crippen LogP contribution in [0.25, 0.3) is 0 Å². The molecule has 0 saturated heterocycles. The summed E-state index contributed by atoms with van der Waals surface area (Å²) in [5, 5.41) is 5.47. The van der Waals surface area contributed by atoms with Gasteiger partial charge in [-0.3, -0.25) is 4.79 Å². The summed E-state index contributed by atoms with van der Waals surface area (Å²) in [5.74, 6) is -0.796. The van der Waals surface area contributed by atoms with Gasteiger partial charge in [-0.2, -0.15) is 27.0 Å². The number of amides is 2. The van der Waals surface area contributed by atoms with Gasteiger partial charge in [0, 0.05) is 12.5 Å². The van der Waals surface area contributed by atoms with Crippen molar-refractivity contribution in [1.29, 1.82) is 0 Å². The summed E-state index contributed by atoms with van der Waals surface area (Å²) in [6.45, 7) is 9.59. The molecule has 2 atom stereocenters. The van der Waals surface area contributed by atoms with Gasteiger partial charge in [0.1, 0.15) is 5.60 Å². The number of esters is 1. The molecule has 0 aliphatic carbocycles. The topological polar surface area (TPSA) is 103 Å². The van der Waals surface area contributed by atoms with Gasteiger partial charge in [0.15, 0.2) is 6.04 Å². The maximum atomic E-state index is 12.4. The third-order valence-corrected chi connectivity index (χ3v) is 4.41. The number of hydrogen-bond donors (Lipinski definition) is 2. The number of ether oxygens (including phenoxy) is 3. The molecule has 1 aromatic carbocycles. The van der Waals surface area contributed by atoms with E-state index in [-0.39, 0.29) is 57.9 Å². The van der Waals surface area contributed by atoms with Crippen molar-refractivity contribution in [1.82, 2.24) is 10.6 Å². The third kappa shape index (κ3) is 14.8. The van der Waals surface area contributed by atoms with E-state index < -0.39 is 23.7 Å². The second kappa shape index (κ2) is 16.7. The molecule has 2 N–H and O–H groups in total. The summed E-state index contributed by atoms with van der Waals surface area (Å²) < 4.78 is 15.6. The van der Waals surface area contributed by atoms with Crippen molar-refractivity contribution in [2.24, 2.45) is 5.92 Å². The lowest BCUT2D eigenvalue weighted by molar-refractivity contribution is -0.147. The van der Waals surface area contributed by atoms with E-state index in [2.05, 4.69) is 10.6 Å². The molecule has 0 aromatic heterocycles. The molecule has 0 heterocycles. The minimum absolute atomic E-state index is 0. The lowest BCUT2D eigenvalue weighted by Crippen LogP contribution is -2.46. The Labute approximate surface area is 211 Å². The Bertz CT molecular complexity index is 711. The quantitative estimate of drug-likeness (QED) is 0.448. The number of carbonyl (C=O) groups excluding carboxylic acids is 3. The number of nitrogens with one attached hydrogen (secondary N) is 2. The standard InChI is InChI=1S/C23H36N2O6.2H2S/c1-16(2)18(25-22(28)31-23(3,4)5)12-13-20(26)24-19(21(27)29-6)15-30-14-17-10-8-7-9-11-17;;/h7-11,16,18-19H,12-15H2,1-6H3,(H,24,26)(H,25,28);2*1H2/t18-,19-;;/m0../s1. The number of rotatable bonds is 11. The number of benzene rings is 1. The van der Waals surface area contributed by atoms with Gasteiger partial charge < -0.3 is 24.8 Å². The normalized spacial score (nSPS) is 12.5. The van der Waals surface area contributed by atoms with Crippen LogP contribution < -0.4 is 10.6 Å². The summed E-state index contributed by atoms with van der Waals surface area (Å²) >= 11 is 0. The van der Waals surface area contributed by atoms with Crippen LogP contribution in [0.5, 0.6) is 0 Å². The number of methoxy groups -OCH3 is 1. The molecule has 0 unspecified atom stereocenters. The summed E-state index contributed by atoms with van der Waals surface area (Å²) in [4.78, 5) is 36.5. The molecule has 8 nitrogen and oxygen atoms in total. The molecule has 0 bridgehead atoms. The number of carbonyl (C=O) groups is 3. The zero-order chi connectivity index (χ0) is 23.4. The highest BCUT2D eigenvalue weighted by molar-refractivity contribution is 7.59. The van der Waals surface area contributed by atoms with Gasteiger partial charge in [-0.15, -0.1) is 0 Å². The van der Waals surface area contributed by atoms with E-state index in [9.17, 15) is 14.4 Å². The Morgan fingerprint density at radius 2 is 1.61 bits per heavy atom. The highest BCUT2D eigenvalue weighted by Crippen LogP contribution is 2.12. The lowest BCUT2D eigenvalue weighted by atomic mass is 9.99. The molecule has 1 rings (SSSR count). The number of alkyl carbamates (subject to hydrolysis) is 1. The van der Waals surface area contributed by atoms with Crippen molar-refractivity contribution in [2.75, 3.05) is 13.7 Å². The van der Waals surface area contributed by atoms with Crippen LogP contribution in [-0.2, 0) is 30.4 Å². The molecule has 0 aliphatic heterocycles. The molecule has 0 fully saturated rings. The molecule has 0 radical (unpaired) electrons. The van der Waals surface area contributed by atoms with Crippen LogP contribution in [0.2, 0.25) is 0 Å². The van der Waals surface area contributed by atoms with Crippen LogP contribution in [0.3, 0.4) is 0 Å². The molecule has 0 spiro atoms. The molecular weight excluding hydrogens is 464 g/mol. The number of hydrogen-bond acceptors (Lipinski definition) is 6. The Morgan fingerprint density at radius 1 is 1.00 bits per heavy atom. The van der Waals surface area contributed by atoms with Crippen molar-refractivity contribution < 1.29 is 28.6 Å². The van der Waals surface area contributed by atoms with E-state index in [0.717, 1.165) is 5.56 Å². The third-order valence-electron chi connectivity index (χ3n) is 4.41. The molecule has 10 heteroatoms. The van der Waals surface area contributed by atoms with Crippen molar-refractivity contribution in [3.05, 3.63) is 35.9 Å². The van der Waals surface area contributed by atoms with E-state index in [1.807, 2.05) is 44.2 Å². The predicted octanol–water partition coefficient (Wildman–Crippen LogP) is 3.42. The van der Waals surface area contributed by atoms with Gasteiger partial charge in [0.2, 0.25) is 5.91 Å². The van der Waals surface area contributed by atoms with E-state index in [4.69, 9.17) is 14.2 Å². The fraction of sp³-hybridized carbons (Fsp3) is 0.609. The molecule has 2 amide bonds. The van der Waals surface area contributed by atoms with E-state index in [0.29, 0.717) is 13.0 Å². The highest BCUT2D eigenvalue weighted by atomic mass is 32.1. The van der Waals surface area contributed by atoms with Crippen molar-refractivity contribution in [3.63, 3.8) is 0 Å². The molecule has 1 aromatic rings. The molecule has 0 aliphatic rings. The first-order valence-electron chi connectivity index (χ1n) is 10.5. The monoisotopic (exact) mass is 504 g/mol. The Hall–Kier alpha value is -1.91. The van der Waals surface area contributed by atoms with E-state index in [1.54, 1.807) is 20.8 Å². The van der Waals surface area contributed by atoms with E-state index in [1.165, 1.54) is 7.11 Å². The summed E-state index contributed by atoms with van der Waals surface area (Å²) in [5.41, 5.74) is 0.363. The van der Waals surface area contributed by atoms with Gasteiger partial charge in [-0.25, -0.2) is 9.59 Å². The summed E-state index contributed by atoms with van der Waals surface area (Å²) in [6.07, 6.45) is 0.0140. The van der Waals surface area contributed by atoms with Gasteiger partial charge >= 0.3 is 12.1 Å². The van der Waals surface area contributed by atoms with Crippen molar-refractivity contribution >= 4 is 45.0 Å². The van der Waals surface area contributed by atoms with Crippen molar-refractivity contribution in [3.8, 4) is 0 Å². The zero-order valence-corrected chi connectivity index (χ0v) is 22.4. The molecule has 190 valence electrons. The van der Waals surface area contributed by atoms with Gasteiger partial charge in [0.25, 0.3) is 0 Å². The second-order valence-electron chi connectivity index (χ2n) is 8.68. The summed E-state index contributed by atoms with van der Waals surface area (Å²) in [6, 6.07) is 8.38. The van der Waals surface area contributed by atoms with Gasteiger partial charge in [-0.05, 0) is 38.7 Å². The largest absolute Gasteiger partial charge is 0.467 e. The minimum Gasteiger partial charge on any atom is -0.467 e. The fourth-order valence-corrected chi connectivity index (χ4v) is 2.76. The maximum absolute atomic E-state index is 12.4. The average molecular weight is 505 g/mol. The maximum Gasteiger partial charge on any atom is 0.407 e. The Balaban J connectivity index is 0. The first kappa shape index (κ1) is 33.3. The first-order chi connectivity index (χ1) is 14.5. The summed E-state index contributed by atoms with van der Waals surface area (Å²) in [7, 11) is 1.26. The van der Waals surface area contributed by atoms with Crippen LogP contribution in [0.4, 0.5) is 4.79 Å². The van der Waals surface area contributed by atoms with Crippen LogP contribution in [0.1, 0.15) is 53.0 Å². The van der Waals surface area contributed by atoms with Crippen LogP contribution >= 0.6 is 27.0 Å². The lowest BCUT2D eigenvalue weighted by Gasteiger charge is -2.26. The molecular formula is C23H40N2O6S2. The van der Waals surface area contributed by atoms with E-state index >= 15 is 0 Å². The first-order valence-corrected chi connectivity index (χ1v) is 10.5. The highest BCUT2D eigenvalue weighted by Gasteiger charge is 2.25.